The first kappa shape index (κ1) is 19.7. The molecule has 8 nitrogen and oxygen atoms in total. The number of ether oxygens (including phenoxy) is 2. The number of carbonyl (C=O) groups excluding carboxylic acids is 1. The summed E-state index contributed by atoms with van der Waals surface area (Å²) in [4.78, 5) is 22.2. The van der Waals surface area contributed by atoms with Crippen molar-refractivity contribution in [3.05, 3.63) is 35.0 Å². The summed E-state index contributed by atoms with van der Waals surface area (Å²) in [6.07, 6.45) is -0.628. The maximum Gasteiger partial charge on any atom is 0.408 e. The van der Waals surface area contributed by atoms with Gasteiger partial charge in [0.25, 0.3) is 5.92 Å². The van der Waals surface area contributed by atoms with Crippen LogP contribution in [-0.4, -0.2) is 52.6 Å². The van der Waals surface area contributed by atoms with E-state index in [2.05, 4.69) is 15.3 Å². The van der Waals surface area contributed by atoms with E-state index in [0.717, 1.165) is 5.56 Å². The average molecular weight is 444 g/mol. The number of nitrogens with one attached hydrogen (secondary N) is 1. The maximum absolute atomic E-state index is 14.7. The van der Waals surface area contributed by atoms with Gasteiger partial charge in [0.15, 0.2) is 0 Å². The van der Waals surface area contributed by atoms with E-state index in [0.29, 0.717) is 22.6 Å². The number of β-amino-alcohol motifs (C(OH)–C–C–N with tert-alkyl or cyclic N) is 1. The Morgan fingerprint density at radius 1 is 1.25 bits per heavy atom. The number of nitrogens with zero attached hydrogens (tertiary/aromatic N) is 3. The second-order valence-electron chi connectivity index (χ2n) is 9.35. The number of hydrogen-bond acceptors (Lipinski definition) is 7. The van der Waals surface area contributed by atoms with Crippen LogP contribution < -0.4 is 15.0 Å². The second kappa shape index (κ2) is 6.06. The Labute approximate surface area is 182 Å². The van der Waals surface area contributed by atoms with Gasteiger partial charge in [0.05, 0.1) is 23.9 Å². The zero-order valence-electron chi connectivity index (χ0n) is 17.6. The molecule has 2 N–H and O–H groups in total. The number of fused-ring (bicyclic) bond motifs is 3. The van der Waals surface area contributed by atoms with Gasteiger partial charge in [-0.1, -0.05) is 12.1 Å². The largest absolute Gasteiger partial charge is 0.490 e. The number of carbonyl (C=O) groups is 1. The number of anilines is 1. The molecule has 4 aliphatic rings. The van der Waals surface area contributed by atoms with Crippen LogP contribution in [0.15, 0.2) is 18.2 Å². The van der Waals surface area contributed by atoms with Crippen molar-refractivity contribution in [2.45, 2.75) is 49.8 Å². The number of amides is 1. The molecule has 168 valence electrons. The van der Waals surface area contributed by atoms with E-state index in [-0.39, 0.29) is 50.3 Å². The molecule has 2 aromatic rings. The fourth-order valence-electron chi connectivity index (χ4n) is 5.00. The minimum atomic E-state index is -3.03. The smallest absolute Gasteiger partial charge is 0.408 e. The molecule has 1 aromatic heterocycles. The molecule has 1 amide bonds. The number of hydrogen-bond donors (Lipinski definition) is 2. The molecule has 3 atom stereocenters. The molecule has 0 radical (unpaired) electrons. The van der Waals surface area contributed by atoms with E-state index in [4.69, 9.17) is 9.47 Å². The number of alkyl carbamates (subject to hydrolysis) is 1. The van der Waals surface area contributed by atoms with E-state index >= 15 is 0 Å². The van der Waals surface area contributed by atoms with Crippen molar-refractivity contribution < 1.29 is 28.2 Å². The summed E-state index contributed by atoms with van der Waals surface area (Å²) in [7, 11) is 0. The third-order valence-electron chi connectivity index (χ3n) is 7.18. The summed E-state index contributed by atoms with van der Waals surface area (Å²) in [5.74, 6) is -2.28. The Hall–Kier alpha value is -3.01. The standard InChI is InChI=1S/C22H22F2N4O4/c1-11-20(2,30)8-28(11)18-25-16(13-5-6-22(23,24)17(13)26-18)12-3-4-14-15(7-12)31-9-21(14)10-32-19(29)27-21/h3-4,7,11,30H,5-6,8-10H2,1-2H3,(H,27,29)/t11-,20+,21+/m0/s1. The number of benzene rings is 1. The first-order valence-electron chi connectivity index (χ1n) is 10.6. The van der Waals surface area contributed by atoms with Gasteiger partial charge in [0.2, 0.25) is 5.95 Å². The summed E-state index contributed by atoms with van der Waals surface area (Å²) >= 11 is 0. The van der Waals surface area contributed by atoms with Crippen molar-refractivity contribution >= 4 is 12.0 Å². The summed E-state index contributed by atoms with van der Waals surface area (Å²) in [5.41, 5.74) is 0.415. The van der Waals surface area contributed by atoms with E-state index < -0.39 is 23.2 Å². The number of aliphatic hydroxyl groups is 1. The number of halogens is 2. The molecule has 2 saturated heterocycles. The van der Waals surface area contributed by atoms with Crippen LogP contribution in [0.1, 0.15) is 37.1 Å². The molecular weight excluding hydrogens is 422 g/mol. The Kier molecular flexibility index (Phi) is 3.72. The van der Waals surface area contributed by atoms with Gasteiger partial charge < -0.3 is 24.8 Å². The van der Waals surface area contributed by atoms with E-state index in [9.17, 15) is 18.7 Å². The van der Waals surface area contributed by atoms with Crippen LogP contribution in [0, 0.1) is 0 Å². The average Bonchev–Trinajstić information content (AvgIpc) is 3.41. The van der Waals surface area contributed by atoms with E-state index in [1.54, 1.807) is 24.0 Å². The molecule has 0 bridgehead atoms. The molecule has 3 aliphatic heterocycles. The van der Waals surface area contributed by atoms with E-state index in [1.165, 1.54) is 0 Å². The first-order chi connectivity index (χ1) is 15.1. The van der Waals surface area contributed by atoms with Crippen LogP contribution >= 0.6 is 0 Å². The molecule has 2 fully saturated rings. The molecule has 4 heterocycles. The lowest BCUT2D eigenvalue weighted by Gasteiger charge is -2.51. The third kappa shape index (κ3) is 2.58. The Morgan fingerprint density at radius 3 is 2.72 bits per heavy atom. The molecule has 0 unspecified atom stereocenters. The van der Waals surface area contributed by atoms with Crippen LogP contribution in [-0.2, 0) is 22.6 Å². The third-order valence-corrected chi connectivity index (χ3v) is 7.18. The Morgan fingerprint density at radius 2 is 2.03 bits per heavy atom. The highest BCUT2D eigenvalue weighted by Gasteiger charge is 2.50. The molecule has 6 rings (SSSR count). The van der Waals surface area contributed by atoms with Crippen LogP contribution in [0.5, 0.6) is 5.75 Å². The van der Waals surface area contributed by atoms with Gasteiger partial charge >= 0.3 is 6.09 Å². The van der Waals surface area contributed by atoms with Crippen molar-refractivity contribution in [2.75, 3.05) is 24.7 Å². The first-order valence-corrected chi connectivity index (χ1v) is 10.6. The molecule has 10 heteroatoms. The highest BCUT2D eigenvalue weighted by Crippen LogP contribution is 2.47. The van der Waals surface area contributed by atoms with Gasteiger partial charge in [0, 0.05) is 23.1 Å². The van der Waals surface area contributed by atoms with Crippen molar-refractivity contribution in [1.82, 2.24) is 15.3 Å². The normalized spacial score (nSPS) is 31.6. The van der Waals surface area contributed by atoms with E-state index in [1.807, 2.05) is 13.0 Å². The van der Waals surface area contributed by atoms with Crippen molar-refractivity contribution in [3.63, 3.8) is 0 Å². The number of alkyl halides is 2. The fourth-order valence-corrected chi connectivity index (χ4v) is 5.00. The molecule has 1 aliphatic carbocycles. The van der Waals surface area contributed by atoms with Crippen molar-refractivity contribution in [2.24, 2.45) is 0 Å². The van der Waals surface area contributed by atoms with Gasteiger partial charge in [-0.05, 0) is 26.3 Å². The zero-order chi connectivity index (χ0) is 22.5. The van der Waals surface area contributed by atoms with Crippen LogP contribution in [0.2, 0.25) is 0 Å². The number of aromatic nitrogens is 2. The number of cyclic esters (lactones) is 1. The summed E-state index contributed by atoms with van der Waals surface area (Å²) in [6.45, 7) is 4.20. The van der Waals surface area contributed by atoms with Crippen LogP contribution in [0.3, 0.4) is 0 Å². The highest BCUT2D eigenvalue weighted by molar-refractivity contribution is 5.74. The van der Waals surface area contributed by atoms with Gasteiger partial charge in [-0.3, -0.25) is 0 Å². The predicted molar refractivity (Wildman–Crippen MR) is 109 cm³/mol. The lowest BCUT2D eigenvalue weighted by molar-refractivity contribution is -0.0113. The Bertz CT molecular complexity index is 1170. The fraction of sp³-hybridized carbons (Fsp3) is 0.500. The lowest BCUT2D eigenvalue weighted by Crippen LogP contribution is -2.67. The minimum absolute atomic E-state index is 0.171. The topological polar surface area (TPSA) is 96.8 Å². The maximum atomic E-state index is 14.7. The van der Waals surface area contributed by atoms with Crippen LogP contribution in [0.25, 0.3) is 11.3 Å². The zero-order valence-corrected chi connectivity index (χ0v) is 17.6. The minimum Gasteiger partial charge on any atom is -0.490 e. The van der Waals surface area contributed by atoms with Crippen molar-refractivity contribution in [3.8, 4) is 17.0 Å². The highest BCUT2D eigenvalue weighted by atomic mass is 19.3. The summed E-state index contributed by atoms with van der Waals surface area (Å²) < 4.78 is 40.2. The summed E-state index contributed by atoms with van der Waals surface area (Å²) in [6, 6.07) is 5.11. The van der Waals surface area contributed by atoms with Crippen LogP contribution in [0.4, 0.5) is 19.5 Å². The predicted octanol–water partition coefficient (Wildman–Crippen LogP) is 2.47. The quantitative estimate of drug-likeness (QED) is 0.735. The molecule has 32 heavy (non-hydrogen) atoms. The van der Waals surface area contributed by atoms with Gasteiger partial charge in [0.1, 0.15) is 30.2 Å². The molecular formula is C22H22F2N4O4. The monoisotopic (exact) mass is 444 g/mol. The number of rotatable bonds is 2. The Balaban J connectivity index is 1.45. The molecule has 1 aromatic carbocycles. The lowest BCUT2D eigenvalue weighted by atomic mass is 9.87. The molecule has 1 spiro atoms. The van der Waals surface area contributed by atoms with Gasteiger partial charge in [-0.15, -0.1) is 0 Å². The van der Waals surface area contributed by atoms with Gasteiger partial charge in [-0.2, -0.15) is 8.78 Å². The molecule has 0 saturated carbocycles. The summed E-state index contributed by atoms with van der Waals surface area (Å²) in [5, 5.41) is 13.1. The second-order valence-corrected chi connectivity index (χ2v) is 9.35. The van der Waals surface area contributed by atoms with Crippen molar-refractivity contribution in [1.29, 1.82) is 0 Å². The van der Waals surface area contributed by atoms with Gasteiger partial charge in [-0.25, -0.2) is 14.8 Å². The SMILES string of the molecule is C[C@@H]1N(c2nc(-c3ccc4c(c3)OC[C@@]43COC(=O)N3)c3c(n2)C(F)(F)CC3)C[C@@]1(C)O.